The van der Waals surface area contributed by atoms with Crippen LogP contribution < -0.4 is 5.73 Å². The van der Waals surface area contributed by atoms with Gasteiger partial charge in [-0.25, -0.2) is 0 Å². The van der Waals surface area contributed by atoms with Gasteiger partial charge < -0.3 is 10.6 Å². The zero-order chi connectivity index (χ0) is 14.7. The van der Waals surface area contributed by atoms with Crippen LogP contribution in [0.25, 0.3) is 0 Å². The molecule has 6 nitrogen and oxygen atoms in total. The summed E-state index contributed by atoms with van der Waals surface area (Å²) in [6, 6.07) is 4.32. The van der Waals surface area contributed by atoms with Gasteiger partial charge in [-0.1, -0.05) is 15.9 Å². The number of rotatable bonds is 3. The van der Waals surface area contributed by atoms with Crippen molar-refractivity contribution in [3.63, 3.8) is 0 Å². The molecule has 0 aliphatic carbocycles. The number of nitrogens with zero attached hydrogens (tertiary/aromatic N) is 2. The number of hydrogen-bond donors (Lipinski definition) is 1. The molecule has 1 fully saturated rings. The summed E-state index contributed by atoms with van der Waals surface area (Å²) in [5.41, 5.74) is 5.89. The number of likely N-dealkylation sites (tertiary alicyclic amines) is 1. The summed E-state index contributed by atoms with van der Waals surface area (Å²) in [4.78, 5) is 24.4. The standard InChI is InChI=1S/C13H16BrN3O3.ClH/c14-11-5-10(6-12(7-11)17(19)20)13(18)16-3-1-9(8-15)2-4-16;/h5-7,9H,1-4,8,15H2;1H. The molecule has 0 aromatic heterocycles. The maximum absolute atomic E-state index is 12.4. The van der Waals surface area contributed by atoms with Crippen molar-refractivity contribution in [3.8, 4) is 0 Å². The average molecular weight is 379 g/mol. The fourth-order valence-corrected chi connectivity index (χ4v) is 2.84. The molecule has 1 aliphatic heterocycles. The van der Waals surface area contributed by atoms with E-state index >= 15 is 0 Å². The first-order valence-corrected chi connectivity index (χ1v) is 7.25. The molecule has 1 saturated heterocycles. The third-order valence-corrected chi connectivity index (χ3v) is 4.03. The first-order valence-electron chi connectivity index (χ1n) is 6.45. The quantitative estimate of drug-likeness (QED) is 0.646. The number of amides is 1. The third-order valence-electron chi connectivity index (χ3n) is 3.58. The Morgan fingerprint density at radius 2 is 2.00 bits per heavy atom. The van der Waals surface area contributed by atoms with Crippen molar-refractivity contribution in [2.45, 2.75) is 12.8 Å². The molecule has 116 valence electrons. The first-order chi connectivity index (χ1) is 9.51. The lowest BCUT2D eigenvalue weighted by Gasteiger charge is -2.31. The molecular formula is C13H17BrClN3O3. The summed E-state index contributed by atoms with van der Waals surface area (Å²) >= 11 is 3.20. The van der Waals surface area contributed by atoms with E-state index < -0.39 is 4.92 Å². The summed E-state index contributed by atoms with van der Waals surface area (Å²) in [6.07, 6.45) is 1.77. The van der Waals surface area contributed by atoms with Gasteiger partial charge in [0.05, 0.1) is 4.92 Å². The average Bonchev–Trinajstić information content (AvgIpc) is 2.46. The lowest BCUT2D eigenvalue weighted by Crippen LogP contribution is -2.40. The molecule has 2 rings (SSSR count). The number of nitrogens with two attached hydrogens (primary N) is 1. The van der Waals surface area contributed by atoms with Crippen LogP contribution in [0.15, 0.2) is 22.7 Å². The van der Waals surface area contributed by atoms with E-state index in [-0.39, 0.29) is 24.0 Å². The molecule has 21 heavy (non-hydrogen) atoms. The Kier molecular flexibility index (Phi) is 6.57. The van der Waals surface area contributed by atoms with E-state index in [1.54, 1.807) is 11.0 Å². The van der Waals surface area contributed by atoms with Gasteiger partial charge in [0.1, 0.15) is 0 Å². The second-order valence-electron chi connectivity index (χ2n) is 4.93. The van der Waals surface area contributed by atoms with Gasteiger partial charge in [0.2, 0.25) is 0 Å². The van der Waals surface area contributed by atoms with E-state index in [9.17, 15) is 14.9 Å². The molecule has 0 spiro atoms. The summed E-state index contributed by atoms with van der Waals surface area (Å²) in [5.74, 6) is 0.306. The van der Waals surface area contributed by atoms with Crippen molar-refractivity contribution in [2.75, 3.05) is 19.6 Å². The highest BCUT2D eigenvalue weighted by molar-refractivity contribution is 9.10. The molecule has 8 heteroatoms. The molecule has 0 unspecified atom stereocenters. The van der Waals surface area contributed by atoms with Crippen LogP contribution in [0.4, 0.5) is 5.69 Å². The van der Waals surface area contributed by atoms with Crippen LogP contribution >= 0.6 is 28.3 Å². The van der Waals surface area contributed by atoms with E-state index in [2.05, 4.69) is 15.9 Å². The lowest BCUT2D eigenvalue weighted by molar-refractivity contribution is -0.385. The SMILES string of the molecule is Cl.NCC1CCN(C(=O)c2cc(Br)cc([N+](=O)[O-])c2)CC1. The minimum absolute atomic E-state index is 0. The fraction of sp³-hybridized carbons (Fsp3) is 0.462. The Bertz CT molecular complexity index is 533. The van der Waals surface area contributed by atoms with Crippen LogP contribution in [-0.4, -0.2) is 35.4 Å². The van der Waals surface area contributed by atoms with Gasteiger partial charge in [-0.05, 0) is 31.4 Å². The highest BCUT2D eigenvalue weighted by Gasteiger charge is 2.24. The lowest BCUT2D eigenvalue weighted by atomic mass is 9.96. The molecule has 1 amide bonds. The molecule has 0 radical (unpaired) electrons. The number of carbonyl (C=O) groups excluding carboxylic acids is 1. The van der Waals surface area contributed by atoms with E-state index in [0.29, 0.717) is 35.6 Å². The minimum Gasteiger partial charge on any atom is -0.339 e. The second-order valence-corrected chi connectivity index (χ2v) is 5.84. The van der Waals surface area contributed by atoms with E-state index in [1.165, 1.54) is 12.1 Å². The number of carbonyl (C=O) groups is 1. The van der Waals surface area contributed by atoms with E-state index in [4.69, 9.17) is 5.73 Å². The van der Waals surface area contributed by atoms with Crippen molar-refractivity contribution in [1.82, 2.24) is 4.90 Å². The summed E-state index contributed by atoms with van der Waals surface area (Å²) in [7, 11) is 0. The molecule has 1 heterocycles. The molecule has 0 saturated carbocycles. The molecular weight excluding hydrogens is 362 g/mol. The number of benzene rings is 1. The van der Waals surface area contributed by atoms with Crippen molar-refractivity contribution >= 4 is 39.9 Å². The van der Waals surface area contributed by atoms with Crippen LogP contribution in [0.1, 0.15) is 23.2 Å². The molecule has 1 aromatic rings. The second kappa shape index (κ2) is 7.72. The Hall–Kier alpha value is -1.18. The van der Waals surface area contributed by atoms with Crippen molar-refractivity contribution < 1.29 is 9.72 Å². The molecule has 2 N–H and O–H groups in total. The van der Waals surface area contributed by atoms with Gasteiger partial charge in [-0.2, -0.15) is 0 Å². The summed E-state index contributed by atoms with van der Waals surface area (Å²) < 4.78 is 0.534. The van der Waals surface area contributed by atoms with E-state index in [0.717, 1.165) is 12.8 Å². The maximum atomic E-state index is 12.4. The van der Waals surface area contributed by atoms with Gasteiger partial charge in [0.25, 0.3) is 11.6 Å². The van der Waals surface area contributed by atoms with Gasteiger partial charge >= 0.3 is 0 Å². The van der Waals surface area contributed by atoms with Crippen LogP contribution in [0.5, 0.6) is 0 Å². The summed E-state index contributed by atoms with van der Waals surface area (Å²) in [6.45, 7) is 1.95. The molecule has 0 atom stereocenters. The largest absolute Gasteiger partial charge is 0.339 e. The summed E-state index contributed by atoms with van der Waals surface area (Å²) in [5, 5.41) is 10.8. The highest BCUT2D eigenvalue weighted by Crippen LogP contribution is 2.24. The number of nitro groups is 1. The normalized spacial score (nSPS) is 15.4. The first kappa shape index (κ1) is 17.9. The molecule has 1 aliphatic rings. The van der Waals surface area contributed by atoms with Crippen LogP contribution in [0, 0.1) is 16.0 Å². The highest BCUT2D eigenvalue weighted by atomic mass is 79.9. The Labute approximate surface area is 137 Å². The number of non-ortho nitro benzene ring substituents is 1. The number of piperidine rings is 1. The number of halogens is 2. The monoisotopic (exact) mass is 377 g/mol. The topological polar surface area (TPSA) is 89.5 Å². The third kappa shape index (κ3) is 4.39. The van der Waals surface area contributed by atoms with Crippen molar-refractivity contribution in [2.24, 2.45) is 11.7 Å². The predicted molar refractivity (Wildman–Crippen MR) is 85.7 cm³/mol. The van der Waals surface area contributed by atoms with Crippen molar-refractivity contribution in [3.05, 3.63) is 38.3 Å². The Balaban J connectivity index is 0.00000220. The fourth-order valence-electron chi connectivity index (χ4n) is 2.36. The van der Waals surface area contributed by atoms with Gasteiger partial charge in [-0.3, -0.25) is 14.9 Å². The van der Waals surface area contributed by atoms with E-state index in [1.807, 2.05) is 0 Å². The Morgan fingerprint density at radius 3 is 2.52 bits per heavy atom. The number of nitro benzene ring substituents is 1. The van der Waals surface area contributed by atoms with Gasteiger partial charge in [0.15, 0.2) is 0 Å². The van der Waals surface area contributed by atoms with Crippen LogP contribution in [-0.2, 0) is 0 Å². The van der Waals surface area contributed by atoms with Crippen LogP contribution in [0.2, 0.25) is 0 Å². The number of hydrogen-bond acceptors (Lipinski definition) is 4. The maximum Gasteiger partial charge on any atom is 0.271 e. The minimum atomic E-state index is -0.498. The zero-order valence-electron chi connectivity index (χ0n) is 11.3. The molecule has 0 bridgehead atoms. The van der Waals surface area contributed by atoms with Gasteiger partial charge in [-0.15, -0.1) is 12.4 Å². The Morgan fingerprint density at radius 1 is 1.38 bits per heavy atom. The molecule has 1 aromatic carbocycles. The zero-order valence-corrected chi connectivity index (χ0v) is 13.7. The smallest absolute Gasteiger partial charge is 0.271 e. The van der Waals surface area contributed by atoms with Crippen LogP contribution in [0.3, 0.4) is 0 Å². The van der Waals surface area contributed by atoms with Gasteiger partial charge in [0, 0.05) is 35.3 Å². The predicted octanol–water partition coefficient (Wildman–Crippen LogP) is 2.59. The van der Waals surface area contributed by atoms with Crippen molar-refractivity contribution in [1.29, 1.82) is 0 Å².